The molecule has 0 radical (unpaired) electrons. The Morgan fingerprint density at radius 1 is 1.23 bits per heavy atom. The van der Waals surface area contributed by atoms with E-state index in [1.807, 2.05) is 0 Å². The molecule has 0 aliphatic heterocycles. The van der Waals surface area contributed by atoms with Crippen molar-refractivity contribution < 1.29 is 9.90 Å². The first-order valence-corrected chi connectivity index (χ1v) is 7.20. The number of carbonyl (C=O) groups excluding carboxylic acids is 1. The van der Waals surface area contributed by atoms with E-state index in [4.69, 9.17) is 11.6 Å². The molecule has 1 aromatic carbocycles. The van der Waals surface area contributed by atoms with Crippen molar-refractivity contribution in [1.82, 2.24) is 10.3 Å². The van der Waals surface area contributed by atoms with Crippen molar-refractivity contribution in [3.8, 4) is 0 Å². The second-order valence-corrected chi connectivity index (χ2v) is 5.58. The molecule has 1 amide bonds. The molecule has 0 bridgehead atoms. The maximum absolute atomic E-state index is 12.1. The summed E-state index contributed by atoms with van der Waals surface area (Å²) in [5.41, 5.74) is 0.872. The van der Waals surface area contributed by atoms with Crippen LogP contribution in [0, 0.1) is 6.92 Å². The topological polar surface area (TPSA) is 82.2 Å². The molecule has 1 aromatic heterocycles. The molecule has 2 unspecified atom stereocenters. The lowest BCUT2D eigenvalue weighted by Gasteiger charge is -2.20. The minimum absolute atomic E-state index is 0.0146. The van der Waals surface area contributed by atoms with E-state index < -0.39 is 23.6 Å². The molecule has 116 valence electrons. The minimum Gasteiger partial charge on any atom is -0.386 e. The first kappa shape index (κ1) is 16.3. The van der Waals surface area contributed by atoms with Crippen LogP contribution in [0.15, 0.2) is 41.2 Å². The lowest BCUT2D eigenvalue weighted by Crippen LogP contribution is -2.39. The smallest absolute Gasteiger partial charge is 0.260 e. The fourth-order valence-electron chi connectivity index (χ4n) is 2.06. The van der Waals surface area contributed by atoms with Gasteiger partial charge >= 0.3 is 0 Å². The highest BCUT2D eigenvalue weighted by molar-refractivity contribution is 6.30. The maximum atomic E-state index is 12.1. The number of carbonyl (C=O) groups is 1. The van der Waals surface area contributed by atoms with E-state index in [9.17, 15) is 14.7 Å². The highest BCUT2D eigenvalue weighted by atomic mass is 35.5. The molecule has 3 N–H and O–H groups in total. The van der Waals surface area contributed by atoms with Crippen LogP contribution < -0.4 is 10.9 Å². The Bertz CT molecular complexity index is 725. The second-order valence-electron chi connectivity index (χ2n) is 5.14. The average molecular weight is 321 g/mol. The minimum atomic E-state index is -0.897. The number of pyridine rings is 1. The molecule has 2 aromatic rings. The number of aromatic nitrogens is 1. The fourth-order valence-corrected chi connectivity index (χ4v) is 2.19. The second kappa shape index (κ2) is 6.77. The summed E-state index contributed by atoms with van der Waals surface area (Å²) >= 11 is 5.80. The van der Waals surface area contributed by atoms with E-state index in [0.717, 1.165) is 0 Å². The van der Waals surface area contributed by atoms with Gasteiger partial charge in [0.05, 0.1) is 12.1 Å². The molecule has 2 atom stereocenters. The SMILES string of the molecule is Cc1ccc(C(=O)NC(C)C(O)c2ccc(Cl)cc2)c(=O)[nH]1. The van der Waals surface area contributed by atoms with Gasteiger partial charge in [0.15, 0.2) is 0 Å². The Labute approximate surface area is 133 Å². The van der Waals surface area contributed by atoms with Crippen LogP contribution >= 0.6 is 11.6 Å². The molecule has 0 saturated heterocycles. The van der Waals surface area contributed by atoms with Crippen molar-refractivity contribution >= 4 is 17.5 Å². The molecule has 6 heteroatoms. The van der Waals surface area contributed by atoms with Crippen LogP contribution in [0.3, 0.4) is 0 Å². The number of aliphatic hydroxyl groups is 1. The summed E-state index contributed by atoms with van der Waals surface area (Å²) in [6.07, 6.45) is -0.897. The van der Waals surface area contributed by atoms with Crippen LogP contribution in [0.4, 0.5) is 0 Å². The summed E-state index contributed by atoms with van der Waals surface area (Å²) in [5, 5.41) is 13.4. The number of H-pyrrole nitrogens is 1. The zero-order valence-corrected chi connectivity index (χ0v) is 13.0. The largest absolute Gasteiger partial charge is 0.386 e. The van der Waals surface area contributed by atoms with Crippen molar-refractivity contribution in [2.75, 3.05) is 0 Å². The summed E-state index contributed by atoms with van der Waals surface area (Å²) in [6.45, 7) is 3.40. The summed E-state index contributed by atoms with van der Waals surface area (Å²) < 4.78 is 0. The Kier molecular flexibility index (Phi) is 5.00. The third-order valence-electron chi connectivity index (χ3n) is 3.34. The quantitative estimate of drug-likeness (QED) is 0.807. The Hall–Kier alpha value is -2.11. The number of amides is 1. The molecule has 1 heterocycles. The number of aromatic amines is 1. The van der Waals surface area contributed by atoms with E-state index in [2.05, 4.69) is 10.3 Å². The van der Waals surface area contributed by atoms with Gasteiger partial charge in [0.25, 0.3) is 11.5 Å². The molecule has 0 fully saturated rings. The van der Waals surface area contributed by atoms with Gasteiger partial charge in [0, 0.05) is 10.7 Å². The number of aryl methyl sites for hydroxylation is 1. The van der Waals surface area contributed by atoms with Crippen molar-refractivity contribution in [2.45, 2.75) is 26.0 Å². The lowest BCUT2D eigenvalue weighted by atomic mass is 10.0. The predicted molar refractivity (Wildman–Crippen MR) is 85.1 cm³/mol. The highest BCUT2D eigenvalue weighted by Gasteiger charge is 2.20. The predicted octanol–water partition coefficient (Wildman–Crippen LogP) is 2.19. The molecule has 0 aliphatic carbocycles. The first-order chi connectivity index (χ1) is 10.4. The van der Waals surface area contributed by atoms with Gasteiger partial charge in [-0.2, -0.15) is 0 Å². The van der Waals surface area contributed by atoms with Gasteiger partial charge in [-0.15, -0.1) is 0 Å². The van der Waals surface area contributed by atoms with Gasteiger partial charge in [0.1, 0.15) is 5.56 Å². The van der Waals surface area contributed by atoms with Gasteiger partial charge in [-0.1, -0.05) is 23.7 Å². The number of nitrogens with one attached hydrogen (secondary N) is 2. The normalized spacial score (nSPS) is 13.5. The lowest BCUT2D eigenvalue weighted by molar-refractivity contribution is 0.0850. The van der Waals surface area contributed by atoms with Crippen LogP contribution in [0.25, 0.3) is 0 Å². The average Bonchev–Trinajstić information content (AvgIpc) is 2.47. The van der Waals surface area contributed by atoms with E-state index in [1.165, 1.54) is 6.07 Å². The molecule has 0 aliphatic rings. The molecule has 5 nitrogen and oxygen atoms in total. The standard InChI is InChI=1S/C16H17ClN2O3/c1-9-3-8-13(15(21)18-9)16(22)19-10(2)14(20)11-4-6-12(17)7-5-11/h3-8,10,14,20H,1-2H3,(H,18,21)(H,19,22). The first-order valence-electron chi connectivity index (χ1n) is 6.83. The third-order valence-corrected chi connectivity index (χ3v) is 3.60. The van der Waals surface area contributed by atoms with Crippen molar-refractivity contribution in [3.05, 3.63) is 68.6 Å². The number of halogens is 1. The molecule has 2 rings (SSSR count). The number of rotatable bonds is 4. The Morgan fingerprint density at radius 3 is 2.45 bits per heavy atom. The maximum Gasteiger partial charge on any atom is 0.260 e. The van der Waals surface area contributed by atoms with E-state index >= 15 is 0 Å². The van der Waals surface area contributed by atoms with Gasteiger partial charge in [-0.05, 0) is 43.7 Å². The van der Waals surface area contributed by atoms with Gasteiger partial charge in [-0.25, -0.2) is 0 Å². The summed E-state index contributed by atoms with van der Waals surface area (Å²) in [5.74, 6) is -0.526. The van der Waals surface area contributed by atoms with Crippen molar-refractivity contribution in [3.63, 3.8) is 0 Å². The number of hydrogen-bond donors (Lipinski definition) is 3. The number of aliphatic hydroxyl groups excluding tert-OH is 1. The molecule has 0 spiro atoms. The van der Waals surface area contributed by atoms with Crippen molar-refractivity contribution in [1.29, 1.82) is 0 Å². The Balaban J connectivity index is 2.10. The summed E-state index contributed by atoms with van der Waals surface area (Å²) in [7, 11) is 0. The van der Waals surface area contributed by atoms with Gasteiger partial charge in [0.2, 0.25) is 0 Å². The number of hydrogen-bond acceptors (Lipinski definition) is 3. The van der Waals surface area contributed by atoms with E-state index in [1.54, 1.807) is 44.2 Å². The highest BCUT2D eigenvalue weighted by Crippen LogP contribution is 2.19. The molecule has 22 heavy (non-hydrogen) atoms. The van der Waals surface area contributed by atoms with Crippen molar-refractivity contribution in [2.24, 2.45) is 0 Å². The molecular weight excluding hydrogens is 304 g/mol. The van der Waals surface area contributed by atoms with Crippen LogP contribution in [0.1, 0.15) is 34.6 Å². The van der Waals surface area contributed by atoms with Crippen LogP contribution in [-0.4, -0.2) is 22.0 Å². The molecule has 0 saturated carbocycles. The van der Waals surface area contributed by atoms with E-state index in [0.29, 0.717) is 16.3 Å². The zero-order valence-electron chi connectivity index (χ0n) is 12.3. The van der Waals surface area contributed by atoms with Crippen LogP contribution in [-0.2, 0) is 0 Å². The monoisotopic (exact) mass is 320 g/mol. The third kappa shape index (κ3) is 3.75. The van der Waals surface area contributed by atoms with Gasteiger partial charge in [-0.3, -0.25) is 9.59 Å². The summed E-state index contributed by atoms with van der Waals surface area (Å²) in [4.78, 5) is 26.4. The van der Waals surface area contributed by atoms with Crippen LogP contribution in [0.2, 0.25) is 5.02 Å². The van der Waals surface area contributed by atoms with Crippen LogP contribution in [0.5, 0.6) is 0 Å². The van der Waals surface area contributed by atoms with Gasteiger partial charge < -0.3 is 15.4 Å². The van der Waals surface area contributed by atoms with E-state index in [-0.39, 0.29) is 5.56 Å². The number of benzene rings is 1. The fraction of sp³-hybridized carbons (Fsp3) is 0.250. The molecular formula is C16H17ClN2O3. The Morgan fingerprint density at radius 2 is 1.86 bits per heavy atom. The summed E-state index contributed by atoms with van der Waals surface area (Å²) in [6, 6.07) is 9.26. The zero-order chi connectivity index (χ0) is 16.3.